The van der Waals surface area contributed by atoms with E-state index in [2.05, 4.69) is 53.2 Å². The summed E-state index contributed by atoms with van der Waals surface area (Å²) >= 11 is 0. The number of nitro groups is 1. The van der Waals surface area contributed by atoms with E-state index in [0.717, 1.165) is 22.6 Å². The van der Waals surface area contributed by atoms with Gasteiger partial charge >= 0.3 is 0 Å². The van der Waals surface area contributed by atoms with E-state index >= 15 is 0 Å². The minimum atomic E-state index is -0.492. The second-order valence-electron chi connectivity index (χ2n) is 7.76. The summed E-state index contributed by atoms with van der Waals surface area (Å²) < 4.78 is 2.14. The largest absolute Gasteiger partial charge is 0.318 e. The van der Waals surface area contributed by atoms with Crippen molar-refractivity contribution < 1.29 is 9.72 Å². The van der Waals surface area contributed by atoms with Crippen LogP contribution in [0.15, 0.2) is 59.7 Å². The fourth-order valence-electron chi connectivity index (χ4n) is 3.55. The summed E-state index contributed by atoms with van der Waals surface area (Å²) in [5.74, 6) is 0.0631. The molecule has 0 aliphatic carbocycles. The zero-order valence-corrected chi connectivity index (χ0v) is 18.1. The van der Waals surface area contributed by atoms with Crippen LogP contribution < -0.4 is 5.43 Å². The predicted molar refractivity (Wildman–Crippen MR) is 122 cm³/mol. The van der Waals surface area contributed by atoms with Gasteiger partial charge in [0.1, 0.15) is 0 Å². The van der Waals surface area contributed by atoms with Crippen molar-refractivity contribution in [1.29, 1.82) is 0 Å². The Balaban J connectivity index is 1.71. The lowest BCUT2D eigenvalue weighted by Crippen LogP contribution is -2.20. The summed E-state index contributed by atoms with van der Waals surface area (Å²) in [7, 11) is 0. The first-order valence-corrected chi connectivity index (χ1v) is 10.1. The maximum Gasteiger partial charge on any atom is 0.273 e. The van der Waals surface area contributed by atoms with Crippen molar-refractivity contribution in [2.45, 2.75) is 40.0 Å². The van der Waals surface area contributed by atoms with Gasteiger partial charge in [0.15, 0.2) is 0 Å². The normalized spacial score (nSPS) is 11.3. The number of nitro benzene ring substituents is 1. The number of nitrogens with one attached hydrogen (secondary N) is 1. The van der Waals surface area contributed by atoms with Crippen LogP contribution in [0.3, 0.4) is 0 Å². The van der Waals surface area contributed by atoms with Crippen LogP contribution in [0.4, 0.5) is 5.69 Å². The molecule has 0 spiro atoms. The molecule has 0 radical (unpaired) electrons. The lowest BCUT2D eigenvalue weighted by atomic mass is 10.0. The van der Waals surface area contributed by atoms with Crippen LogP contribution in [0, 0.1) is 24.0 Å². The number of hydrogen-bond acceptors (Lipinski definition) is 4. The number of carbonyl (C=O) groups excluding carboxylic acids is 1. The first-order valence-electron chi connectivity index (χ1n) is 10.1. The van der Waals surface area contributed by atoms with Crippen molar-refractivity contribution in [2.75, 3.05) is 0 Å². The number of carbonyl (C=O) groups is 1. The third-order valence-electron chi connectivity index (χ3n) is 5.22. The van der Waals surface area contributed by atoms with Gasteiger partial charge in [0, 0.05) is 34.3 Å². The van der Waals surface area contributed by atoms with E-state index in [1.165, 1.54) is 11.6 Å². The molecule has 2 aromatic carbocycles. The summed E-state index contributed by atoms with van der Waals surface area (Å²) in [5, 5.41) is 15.1. The minimum Gasteiger partial charge on any atom is -0.318 e. The molecule has 0 fully saturated rings. The average Bonchev–Trinajstić information content (AvgIpc) is 3.01. The molecule has 3 rings (SSSR count). The van der Waals surface area contributed by atoms with Crippen LogP contribution in [0.1, 0.15) is 47.8 Å². The standard InChI is InChI=1S/C24H26N4O3/c1-16(2)19-9-11-22(12-10-19)27-17(3)13-21(18(27)4)15-25-26-24(29)14-20-7-5-6-8-23(20)28(30)31/h5-13,15-16H,14H2,1-4H3,(H,26,29). The Morgan fingerprint density at radius 1 is 1.16 bits per heavy atom. The molecule has 7 nitrogen and oxygen atoms in total. The number of aromatic nitrogens is 1. The second kappa shape index (κ2) is 9.38. The van der Waals surface area contributed by atoms with Crippen molar-refractivity contribution in [1.82, 2.24) is 9.99 Å². The summed E-state index contributed by atoms with van der Waals surface area (Å²) in [6.07, 6.45) is 1.48. The molecule has 0 aliphatic rings. The quantitative estimate of drug-likeness (QED) is 0.339. The van der Waals surface area contributed by atoms with E-state index in [0.29, 0.717) is 11.5 Å². The Morgan fingerprint density at radius 3 is 2.48 bits per heavy atom. The van der Waals surface area contributed by atoms with E-state index in [1.807, 2.05) is 19.9 Å². The highest BCUT2D eigenvalue weighted by Crippen LogP contribution is 2.22. The number of aryl methyl sites for hydroxylation is 1. The minimum absolute atomic E-state index is 0.0753. The van der Waals surface area contributed by atoms with Gasteiger partial charge in [-0.2, -0.15) is 5.10 Å². The molecular weight excluding hydrogens is 392 g/mol. The number of benzene rings is 2. The van der Waals surface area contributed by atoms with E-state index in [1.54, 1.807) is 24.4 Å². The molecule has 160 valence electrons. The maximum atomic E-state index is 12.2. The maximum absolute atomic E-state index is 12.2. The Labute approximate surface area is 181 Å². The zero-order valence-electron chi connectivity index (χ0n) is 18.1. The molecule has 0 unspecified atom stereocenters. The number of para-hydroxylation sites is 1. The smallest absolute Gasteiger partial charge is 0.273 e. The Kier molecular flexibility index (Phi) is 6.65. The molecule has 3 aromatic rings. The van der Waals surface area contributed by atoms with Gasteiger partial charge in [0.2, 0.25) is 5.91 Å². The van der Waals surface area contributed by atoms with Crippen LogP contribution in [-0.2, 0) is 11.2 Å². The molecule has 1 N–H and O–H groups in total. The van der Waals surface area contributed by atoms with E-state index in [9.17, 15) is 14.9 Å². The first kappa shape index (κ1) is 22.0. The fourth-order valence-corrected chi connectivity index (χ4v) is 3.55. The average molecular weight is 418 g/mol. The highest BCUT2D eigenvalue weighted by molar-refractivity contribution is 5.85. The number of amides is 1. The van der Waals surface area contributed by atoms with Crippen LogP contribution in [-0.4, -0.2) is 21.6 Å². The van der Waals surface area contributed by atoms with Gasteiger partial charge in [0.05, 0.1) is 17.6 Å². The molecule has 0 saturated carbocycles. The van der Waals surface area contributed by atoms with Crippen molar-refractivity contribution in [2.24, 2.45) is 5.10 Å². The summed E-state index contributed by atoms with van der Waals surface area (Å²) in [6.45, 7) is 8.35. The van der Waals surface area contributed by atoms with Crippen LogP contribution >= 0.6 is 0 Å². The van der Waals surface area contributed by atoms with E-state index in [4.69, 9.17) is 0 Å². The number of hydrogen-bond donors (Lipinski definition) is 1. The summed E-state index contributed by atoms with van der Waals surface area (Å²) in [6, 6.07) is 16.7. The molecule has 0 bridgehead atoms. The molecule has 7 heteroatoms. The monoisotopic (exact) mass is 418 g/mol. The van der Waals surface area contributed by atoms with Crippen LogP contribution in [0.5, 0.6) is 0 Å². The Bertz CT molecular complexity index is 1130. The molecule has 1 heterocycles. The molecular formula is C24H26N4O3. The van der Waals surface area contributed by atoms with Gasteiger partial charge < -0.3 is 4.57 Å². The van der Waals surface area contributed by atoms with Crippen molar-refractivity contribution in [3.63, 3.8) is 0 Å². The lowest BCUT2D eigenvalue weighted by molar-refractivity contribution is -0.385. The van der Waals surface area contributed by atoms with Crippen molar-refractivity contribution in [3.8, 4) is 5.69 Å². The van der Waals surface area contributed by atoms with Crippen molar-refractivity contribution in [3.05, 3.63) is 92.8 Å². The fraction of sp³-hybridized carbons (Fsp3) is 0.250. The van der Waals surface area contributed by atoms with Gasteiger partial charge in [-0.05, 0) is 43.5 Å². The second-order valence-corrected chi connectivity index (χ2v) is 7.76. The zero-order chi connectivity index (χ0) is 22.5. The highest BCUT2D eigenvalue weighted by atomic mass is 16.6. The topological polar surface area (TPSA) is 89.5 Å². The molecule has 31 heavy (non-hydrogen) atoms. The van der Waals surface area contributed by atoms with Crippen molar-refractivity contribution >= 4 is 17.8 Å². The van der Waals surface area contributed by atoms with Crippen LogP contribution in [0.2, 0.25) is 0 Å². The molecule has 1 aromatic heterocycles. The number of rotatable bonds is 7. The van der Waals surface area contributed by atoms with E-state index in [-0.39, 0.29) is 12.1 Å². The summed E-state index contributed by atoms with van der Waals surface area (Å²) in [5.41, 5.74) is 8.04. The molecule has 0 saturated heterocycles. The molecule has 1 amide bonds. The van der Waals surface area contributed by atoms with E-state index < -0.39 is 10.8 Å². The molecule has 0 aliphatic heterocycles. The summed E-state index contributed by atoms with van der Waals surface area (Å²) in [4.78, 5) is 22.8. The van der Waals surface area contributed by atoms with Gasteiger partial charge in [-0.1, -0.05) is 44.2 Å². The third-order valence-corrected chi connectivity index (χ3v) is 5.22. The highest BCUT2D eigenvalue weighted by Gasteiger charge is 2.15. The van der Waals surface area contributed by atoms with Gasteiger partial charge in [-0.25, -0.2) is 5.43 Å². The first-order chi connectivity index (χ1) is 14.8. The Morgan fingerprint density at radius 2 is 1.84 bits per heavy atom. The van der Waals surface area contributed by atoms with Gasteiger partial charge in [-0.15, -0.1) is 0 Å². The number of nitrogens with zero attached hydrogens (tertiary/aromatic N) is 3. The third kappa shape index (κ3) is 5.06. The van der Waals surface area contributed by atoms with Gasteiger partial charge in [-0.3, -0.25) is 14.9 Å². The predicted octanol–water partition coefficient (Wildman–Crippen LogP) is 4.82. The Hall–Kier alpha value is -3.74. The SMILES string of the molecule is Cc1cc(C=NNC(=O)Cc2ccccc2[N+](=O)[O-])c(C)n1-c1ccc(C(C)C)cc1. The lowest BCUT2D eigenvalue weighted by Gasteiger charge is -2.12. The number of hydrazone groups is 1. The molecule has 0 atom stereocenters. The van der Waals surface area contributed by atoms with Gasteiger partial charge in [0.25, 0.3) is 5.69 Å². The van der Waals surface area contributed by atoms with Crippen LogP contribution in [0.25, 0.3) is 5.69 Å².